The number of sulfone groups is 1. The fraction of sp³-hybridized carbons (Fsp3) is 0.333. The lowest BCUT2D eigenvalue weighted by molar-refractivity contribution is 0.246. The Bertz CT molecular complexity index is 510. The molecular formula is C6H8N2O4S2. The van der Waals surface area contributed by atoms with Crippen LogP contribution in [-0.2, 0) is 9.84 Å². The number of nitrogens with one attached hydrogen (secondary N) is 1. The molecule has 1 amide bonds. The molecule has 0 unspecified atom stereocenters. The smallest absolute Gasteiger partial charge is 0.337 e. The van der Waals surface area contributed by atoms with Gasteiger partial charge in [-0.3, -0.25) is 4.79 Å². The van der Waals surface area contributed by atoms with Gasteiger partial charge in [0.05, 0.1) is 0 Å². The maximum Gasteiger partial charge on any atom is 0.337 e. The topological polar surface area (TPSA) is 85.2 Å². The zero-order valence-electron chi connectivity index (χ0n) is 7.47. The fourth-order valence-corrected chi connectivity index (χ4v) is 2.47. The third-order valence-electron chi connectivity index (χ3n) is 1.39. The lowest BCUT2D eigenvalue weighted by Gasteiger charge is -1.95. The van der Waals surface area contributed by atoms with E-state index in [9.17, 15) is 18.0 Å². The minimum Gasteiger partial charge on any atom is -0.340 e. The van der Waals surface area contributed by atoms with Gasteiger partial charge in [-0.2, -0.15) is 3.96 Å². The highest BCUT2D eigenvalue weighted by molar-refractivity contribution is 7.92. The second kappa shape index (κ2) is 3.54. The van der Waals surface area contributed by atoms with E-state index < -0.39 is 21.4 Å². The highest BCUT2D eigenvalue weighted by Crippen LogP contribution is 2.12. The lowest BCUT2D eigenvalue weighted by Crippen LogP contribution is -2.29. The van der Waals surface area contributed by atoms with Crippen LogP contribution in [0, 0.1) is 0 Å². The number of amides is 1. The Hall–Kier alpha value is -1.15. The van der Waals surface area contributed by atoms with Gasteiger partial charge in [0, 0.05) is 19.4 Å². The van der Waals surface area contributed by atoms with Crippen LogP contribution in [0.2, 0.25) is 0 Å². The molecule has 0 bridgehead atoms. The molecule has 78 valence electrons. The molecule has 0 aliphatic rings. The van der Waals surface area contributed by atoms with E-state index >= 15 is 0 Å². The number of hydrogen-bond acceptors (Lipinski definition) is 5. The molecule has 0 aliphatic heterocycles. The van der Waals surface area contributed by atoms with Crippen LogP contribution in [0.25, 0.3) is 0 Å². The Morgan fingerprint density at radius 2 is 2.14 bits per heavy atom. The Morgan fingerprint density at radius 1 is 1.57 bits per heavy atom. The van der Waals surface area contributed by atoms with E-state index in [1.165, 1.54) is 7.05 Å². The molecule has 6 nitrogen and oxygen atoms in total. The van der Waals surface area contributed by atoms with Crippen LogP contribution < -0.4 is 10.9 Å². The quantitative estimate of drug-likeness (QED) is 0.712. The number of rotatable bonds is 1. The van der Waals surface area contributed by atoms with E-state index in [-0.39, 0.29) is 4.21 Å². The van der Waals surface area contributed by atoms with Crippen LogP contribution in [0.1, 0.15) is 0 Å². The summed E-state index contributed by atoms with van der Waals surface area (Å²) in [4.78, 5) is 22.2. The van der Waals surface area contributed by atoms with Crippen LogP contribution >= 0.6 is 11.5 Å². The van der Waals surface area contributed by atoms with E-state index in [2.05, 4.69) is 5.32 Å². The second-order valence-corrected chi connectivity index (χ2v) is 5.74. The summed E-state index contributed by atoms with van der Waals surface area (Å²) in [6.45, 7) is 0. The van der Waals surface area contributed by atoms with Gasteiger partial charge in [-0.25, -0.2) is 13.2 Å². The van der Waals surface area contributed by atoms with E-state index in [1.807, 2.05) is 0 Å². The third kappa shape index (κ3) is 2.02. The summed E-state index contributed by atoms with van der Waals surface area (Å²) in [5.74, 6) is 0. The average Bonchev–Trinajstić information content (AvgIpc) is 2.45. The van der Waals surface area contributed by atoms with Gasteiger partial charge in [-0.1, -0.05) is 0 Å². The maximum atomic E-state index is 11.1. The van der Waals surface area contributed by atoms with E-state index in [4.69, 9.17) is 0 Å². The van der Waals surface area contributed by atoms with Gasteiger partial charge in [0.15, 0.2) is 9.84 Å². The molecule has 0 atom stereocenters. The molecule has 1 rings (SSSR count). The van der Waals surface area contributed by atoms with Gasteiger partial charge in [0.2, 0.25) is 0 Å². The predicted octanol–water partition coefficient (Wildman–Crippen LogP) is -0.499. The number of hydrogen-bond donors (Lipinski definition) is 1. The van der Waals surface area contributed by atoms with Crippen molar-refractivity contribution in [3.63, 3.8) is 0 Å². The molecule has 1 N–H and O–H groups in total. The van der Waals surface area contributed by atoms with Gasteiger partial charge < -0.3 is 5.32 Å². The summed E-state index contributed by atoms with van der Waals surface area (Å²) in [6.07, 6.45) is 0.979. The first-order valence-electron chi connectivity index (χ1n) is 3.52. The molecule has 0 radical (unpaired) electrons. The van der Waals surface area contributed by atoms with Gasteiger partial charge in [-0.15, -0.1) is 0 Å². The number of aromatic nitrogens is 1. The minimum absolute atomic E-state index is 0.119. The van der Waals surface area contributed by atoms with Crippen molar-refractivity contribution in [2.24, 2.45) is 0 Å². The standard InChI is InChI=1S/C6H8N2O4S2/c1-7-6(10)8-4(9)3-5(13-8)14(2,11)12/h3H,1-2H3,(H,7,10). The van der Waals surface area contributed by atoms with Crippen LogP contribution in [0.3, 0.4) is 0 Å². The third-order valence-corrected chi connectivity index (χ3v) is 4.19. The first-order valence-corrected chi connectivity index (χ1v) is 6.18. The van der Waals surface area contributed by atoms with Crippen molar-refractivity contribution in [3.05, 3.63) is 16.4 Å². The van der Waals surface area contributed by atoms with Crippen molar-refractivity contribution in [1.82, 2.24) is 9.27 Å². The highest BCUT2D eigenvalue weighted by atomic mass is 32.2. The average molecular weight is 236 g/mol. The lowest BCUT2D eigenvalue weighted by atomic mass is 10.7. The van der Waals surface area contributed by atoms with Crippen molar-refractivity contribution < 1.29 is 13.2 Å². The van der Waals surface area contributed by atoms with Crippen LogP contribution in [0.4, 0.5) is 4.79 Å². The van der Waals surface area contributed by atoms with Gasteiger partial charge in [0.1, 0.15) is 4.21 Å². The summed E-state index contributed by atoms with van der Waals surface area (Å²) in [5.41, 5.74) is -0.644. The Morgan fingerprint density at radius 3 is 2.50 bits per heavy atom. The molecule has 1 aromatic rings. The van der Waals surface area contributed by atoms with Crippen molar-refractivity contribution in [2.45, 2.75) is 4.21 Å². The van der Waals surface area contributed by atoms with Crippen molar-refractivity contribution in [2.75, 3.05) is 13.3 Å². The van der Waals surface area contributed by atoms with Gasteiger partial charge >= 0.3 is 6.03 Å². The Labute approximate surface area is 84.2 Å². The van der Waals surface area contributed by atoms with Gasteiger partial charge in [0.25, 0.3) is 5.56 Å². The first kappa shape index (κ1) is 10.9. The first-order chi connectivity index (χ1) is 6.36. The molecular weight excluding hydrogens is 228 g/mol. The number of carbonyl (C=O) groups excluding carboxylic acids is 1. The Balaban J connectivity index is 3.33. The monoisotopic (exact) mass is 236 g/mol. The SMILES string of the molecule is CNC(=O)n1sc(S(C)(=O)=O)cc1=O. The zero-order valence-corrected chi connectivity index (χ0v) is 9.11. The normalized spacial score (nSPS) is 11.3. The largest absolute Gasteiger partial charge is 0.340 e. The molecule has 0 saturated carbocycles. The summed E-state index contributed by atoms with van der Waals surface area (Å²) < 4.78 is 22.7. The van der Waals surface area contributed by atoms with Crippen molar-refractivity contribution >= 4 is 27.4 Å². The maximum absolute atomic E-state index is 11.1. The van der Waals surface area contributed by atoms with Crippen molar-refractivity contribution in [1.29, 1.82) is 0 Å². The van der Waals surface area contributed by atoms with Gasteiger partial charge in [-0.05, 0) is 11.5 Å². The molecule has 1 aromatic heterocycles. The van der Waals surface area contributed by atoms with E-state index in [0.29, 0.717) is 11.5 Å². The number of carbonyl (C=O) groups is 1. The second-order valence-electron chi connectivity index (χ2n) is 2.51. The number of nitrogens with zero attached hydrogens (tertiary/aromatic N) is 1. The minimum atomic E-state index is -3.43. The van der Waals surface area contributed by atoms with Crippen LogP contribution in [0.15, 0.2) is 15.1 Å². The fourth-order valence-electron chi connectivity index (χ4n) is 0.739. The molecule has 0 saturated heterocycles. The summed E-state index contributed by atoms with van der Waals surface area (Å²) in [5, 5.41) is 2.23. The molecule has 8 heteroatoms. The molecule has 0 aromatic carbocycles. The van der Waals surface area contributed by atoms with Crippen LogP contribution in [0.5, 0.6) is 0 Å². The highest BCUT2D eigenvalue weighted by Gasteiger charge is 2.16. The predicted molar refractivity (Wildman–Crippen MR) is 51.5 cm³/mol. The molecule has 0 fully saturated rings. The van der Waals surface area contributed by atoms with E-state index in [0.717, 1.165) is 16.3 Å². The molecule has 0 spiro atoms. The van der Waals surface area contributed by atoms with Crippen molar-refractivity contribution in [3.8, 4) is 0 Å². The molecule has 14 heavy (non-hydrogen) atoms. The summed E-state index contributed by atoms with van der Waals surface area (Å²) >= 11 is 0.603. The summed E-state index contributed by atoms with van der Waals surface area (Å²) in [7, 11) is -2.07. The molecule has 1 heterocycles. The summed E-state index contributed by atoms with van der Waals surface area (Å²) in [6, 6.07) is 0.282. The van der Waals surface area contributed by atoms with Crippen LogP contribution in [-0.4, -0.2) is 31.7 Å². The Kier molecular flexibility index (Phi) is 2.76. The molecule has 0 aliphatic carbocycles. The van der Waals surface area contributed by atoms with E-state index in [1.54, 1.807) is 0 Å². The zero-order chi connectivity index (χ0) is 10.9.